The van der Waals surface area contributed by atoms with Crippen molar-refractivity contribution in [2.75, 3.05) is 44.3 Å². The van der Waals surface area contributed by atoms with Gasteiger partial charge in [-0.05, 0) is 37.7 Å². The van der Waals surface area contributed by atoms with Crippen molar-refractivity contribution in [3.05, 3.63) is 16.3 Å². The molecule has 2 fully saturated rings. The molecule has 0 saturated carbocycles. The van der Waals surface area contributed by atoms with Crippen molar-refractivity contribution in [3.8, 4) is 0 Å². The standard InChI is InChI=1S/C19H26N4O2S/c24-13-4-6-23(7-5-13)18-17-14-2-1-3-15(14)26-19(17)21-16(20-18)12-22-8-10-25-11-9-22/h13,24H,1-12H2. The van der Waals surface area contributed by atoms with E-state index in [2.05, 4.69) is 9.80 Å². The van der Waals surface area contributed by atoms with Crippen LogP contribution >= 0.6 is 11.3 Å². The number of morpholine rings is 1. The van der Waals surface area contributed by atoms with Crippen molar-refractivity contribution >= 4 is 27.4 Å². The normalized spacial score (nSPS) is 22.3. The van der Waals surface area contributed by atoms with Crippen LogP contribution in [0.1, 0.15) is 35.5 Å². The highest BCUT2D eigenvalue weighted by Crippen LogP contribution is 2.41. The van der Waals surface area contributed by atoms with Crippen LogP contribution in [0, 0.1) is 0 Å². The van der Waals surface area contributed by atoms with E-state index < -0.39 is 0 Å². The summed E-state index contributed by atoms with van der Waals surface area (Å²) in [5.41, 5.74) is 1.49. The second kappa shape index (κ2) is 7.03. The van der Waals surface area contributed by atoms with Gasteiger partial charge in [-0.15, -0.1) is 11.3 Å². The fourth-order valence-electron chi connectivity index (χ4n) is 4.36. The molecule has 0 bridgehead atoms. The number of hydrogen-bond donors (Lipinski definition) is 1. The van der Waals surface area contributed by atoms with Gasteiger partial charge >= 0.3 is 0 Å². The molecule has 2 aliphatic heterocycles. The Kier molecular flexibility index (Phi) is 4.56. The van der Waals surface area contributed by atoms with Crippen LogP contribution in [0.5, 0.6) is 0 Å². The molecule has 1 N–H and O–H groups in total. The van der Waals surface area contributed by atoms with Crippen LogP contribution in [0.25, 0.3) is 10.2 Å². The monoisotopic (exact) mass is 374 g/mol. The van der Waals surface area contributed by atoms with E-state index in [0.29, 0.717) is 0 Å². The van der Waals surface area contributed by atoms with Gasteiger partial charge in [0.05, 0.1) is 31.2 Å². The molecule has 1 aliphatic carbocycles. The summed E-state index contributed by atoms with van der Waals surface area (Å²) in [6.07, 6.45) is 5.10. The van der Waals surface area contributed by atoms with Gasteiger partial charge in [0.2, 0.25) is 0 Å². The lowest BCUT2D eigenvalue weighted by atomic mass is 10.1. The highest BCUT2D eigenvalue weighted by Gasteiger charge is 2.27. The summed E-state index contributed by atoms with van der Waals surface area (Å²) in [5.74, 6) is 2.05. The lowest BCUT2D eigenvalue weighted by molar-refractivity contribution is 0.0331. The molecule has 0 spiro atoms. The summed E-state index contributed by atoms with van der Waals surface area (Å²) in [4.78, 5) is 17.4. The molecule has 2 aromatic heterocycles. The Morgan fingerprint density at radius 3 is 2.69 bits per heavy atom. The highest BCUT2D eigenvalue weighted by molar-refractivity contribution is 7.19. The molecular weight excluding hydrogens is 348 g/mol. The maximum Gasteiger partial charge on any atom is 0.146 e. The minimum absolute atomic E-state index is 0.162. The van der Waals surface area contributed by atoms with Gasteiger partial charge < -0.3 is 14.7 Å². The lowest BCUT2D eigenvalue weighted by Gasteiger charge is -2.32. The molecule has 0 radical (unpaired) electrons. The first-order valence-corrected chi connectivity index (χ1v) is 10.6. The number of piperidine rings is 1. The number of aryl methyl sites for hydroxylation is 2. The summed E-state index contributed by atoms with van der Waals surface area (Å²) in [5, 5.41) is 11.2. The van der Waals surface area contributed by atoms with Gasteiger partial charge in [0.25, 0.3) is 0 Å². The van der Waals surface area contributed by atoms with Crippen molar-refractivity contribution in [1.29, 1.82) is 0 Å². The molecule has 6 nitrogen and oxygen atoms in total. The first-order chi connectivity index (χ1) is 12.8. The highest BCUT2D eigenvalue weighted by atomic mass is 32.1. The van der Waals surface area contributed by atoms with E-state index in [4.69, 9.17) is 14.7 Å². The molecule has 4 heterocycles. The smallest absolute Gasteiger partial charge is 0.146 e. The maximum atomic E-state index is 9.90. The largest absolute Gasteiger partial charge is 0.393 e. The van der Waals surface area contributed by atoms with Crippen molar-refractivity contribution in [2.45, 2.75) is 44.8 Å². The van der Waals surface area contributed by atoms with E-state index in [0.717, 1.165) is 81.7 Å². The maximum absolute atomic E-state index is 9.90. The number of fused-ring (bicyclic) bond motifs is 3. The molecule has 5 rings (SSSR count). The zero-order valence-electron chi connectivity index (χ0n) is 15.1. The van der Waals surface area contributed by atoms with Crippen LogP contribution in [-0.2, 0) is 24.1 Å². The van der Waals surface area contributed by atoms with Crippen LogP contribution in [0.2, 0.25) is 0 Å². The molecule has 0 unspecified atom stereocenters. The van der Waals surface area contributed by atoms with Gasteiger partial charge in [-0.2, -0.15) is 0 Å². The predicted octanol–water partition coefficient (Wildman–Crippen LogP) is 1.97. The number of rotatable bonds is 3. The van der Waals surface area contributed by atoms with Gasteiger partial charge in [0.1, 0.15) is 16.5 Å². The third-order valence-electron chi connectivity index (χ3n) is 5.82. The molecule has 0 aromatic carbocycles. The summed E-state index contributed by atoms with van der Waals surface area (Å²) in [6.45, 7) is 6.06. The molecule has 0 atom stereocenters. The first kappa shape index (κ1) is 16.9. The number of hydrogen-bond acceptors (Lipinski definition) is 7. The Bertz CT molecular complexity index is 794. The molecule has 140 valence electrons. The Balaban J connectivity index is 1.53. The predicted molar refractivity (Wildman–Crippen MR) is 103 cm³/mol. The molecule has 0 amide bonds. The number of ether oxygens (including phenoxy) is 1. The molecule has 7 heteroatoms. The van der Waals surface area contributed by atoms with E-state index >= 15 is 0 Å². The summed E-state index contributed by atoms with van der Waals surface area (Å²) in [6, 6.07) is 0. The molecule has 26 heavy (non-hydrogen) atoms. The quantitative estimate of drug-likeness (QED) is 0.886. The van der Waals surface area contributed by atoms with Crippen molar-refractivity contribution in [2.24, 2.45) is 0 Å². The topological polar surface area (TPSA) is 61.7 Å². The van der Waals surface area contributed by atoms with Crippen molar-refractivity contribution < 1.29 is 9.84 Å². The number of anilines is 1. The molecule has 2 saturated heterocycles. The Morgan fingerprint density at radius 2 is 1.88 bits per heavy atom. The van der Waals surface area contributed by atoms with Crippen LogP contribution in [0.4, 0.5) is 5.82 Å². The summed E-state index contributed by atoms with van der Waals surface area (Å²) in [7, 11) is 0. The Hall–Kier alpha value is -1.28. The van der Waals surface area contributed by atoms with Crippen LogP contribution < -0.4 is 4.90 Å². The number of thiophene rings is 1. The third kappa shape index (κ3) is 3.11. The minimum Gasteiger partial charge on any atom is -0.393 e. The van der Waals surface area contributed by atoms with Gasteiger partial charge in [0, 0.05) is 31.1 Å². The number of aromatic nitrogens is 2. The lowest BCUT2D eigenvalue weighted by Crippen LogP contribution is -2.38. The van der Waals surface area contributed by atoms with Crippen LogP contribution in [0.15, 0.2) is 0 Å². The summed E-state index contributed by atoms with van der Waals surface area (Å²) < 4.78 is 5.47. The molecular formula is C19H26N4O2S. The van der Waals surface area contributed by atoms with E-state index in [-0.39, 0.29) is 6.10 Å². The zero-order valence-corrected chi connectivity index (χ0v) is 15.9. The average molecular weight is 375 g/mol. The van der Waals surface area contributed by atoms with E-state index in [1.54, 1.807) is 0 Å². The van der Waals surface area contributed by atoms with Crippen molar-refractivity contribution in [1.82, 2.24) is 14.9 Å². The number of aliphatic hydroxyl groups excluding tert-OH is 1. The fraction of sp³-hybridized carbons (Fsp3) is 0.684. The van der Waals surface area contributed by atoms with Gasteiger partial charge in [-0.1, -0.05) is 0 Å². The van der Waals surface area contributed by atoms with Crippen LogP contribution in [0.3, 0.4) is 0 Å². The van der Waals surface area contributed by atoms with Gasteiger partial charge in [0.15, 0.2) is 0 Å². The second-order valence-electron chi connectivity index (χ2n) is 7.61. The fourth-order valence-corrected chi connectivity index (χ4v) is 5.63. The van der Waals surface area contributed by atoms with Crippen molar-refractivity contribution in [3.63, 3.8) is 0 Å². The average Bonchev–Trinajstić information content (AvgIpc) is 3.23. The molecule has 2 aromatic rings. The zero-order chi connectivity index (χ0) is 17.5. The molecule has 3 aliphatic rings. The van der Waals surface area contributed by atoms with E-state index in [1.165, 1.54) is 28.7 Å². The second-order valence-corrected chi connectivity index (χ2v) is 8.69. The first-order valence-electron chi connectivity index (χ1n) is 9.82. The summed E-state index contributed by atoms with van der Waals surface area (Å²) >= 11 is 1.87. The van der Waals surface area contributed by atoms with Gasteiger partial charge in [-0.3, -0.25) is 4.90 Å². The Labute approximate surface area is 157 Å². The minimum atomic E-state index is -0.162. The van der Waals surface area contributed by atoms with Gasteiger partial charge in [-0.25, -0.2) is 9.97 Å². The Morgan fingerprint density at radius 1 is 1.08 bits per heavy atom. The van der Waals surface area contributed by atoms with E-state index in [1.807, 2.05) is 11.3 Å². The van der Waals surface area contributed by atoms with Crippen LogP contribution in [-0.4, -0.2) is 65.5 Å². The van der Waals surface area contributed by atoms with E-state index in [9.17, 15) is 5.11 Å². The SMILES string of the molecule is OC1CCN(c2nc(CN3CCOCC3)nc3sc4c(c23)CCC4)CC1. The third-order valence-corrected chi connectivity index (χ3v) is 7.01. The number of aliphatic hydroxyl groups is 1. The number of nitrogens with zero attached hydrogens (tertiary/aromatic N) is 4.